The fraction of sp³-hybridized carbons (Fsp3) is 0.533. The zero-order valence-corrected chi connectivity index (χ0v) is 13.2. The average molecular weight is 322 g/mol. The molecule has 118 valence electrons. The Morgan fingerprint density at radius 3 is 2.77 bits per heavy atom. The van der Waals surface area contributed by atoms with Crippen LogP contribution in [0, 0.1) is 0 Å². The van der Waals surface area contributed by atoms with Gasteiger partial charge in [0.25, 0.3) is 5.91 Å². The molecule has 0 saturated carbocycles. The van der Waals surface area contributed by atoms with E-state index in [2.05, 4.69) is 20.3 Å². The van der Waals surface area contributed by atoms with Gasteiger partial charge in [-0.25, -0.2) is 9.50 Å². The van der Waals surface area contributed by atoms with Crippen LogP contribution in [0.3, 0.4) is 0 Å². The lowest BCUT2D eigenvalue weighted by Crippen LogP contribution is -2.35. The second-order valence-electron chi connectivity index (χ2n) is 5.60. The molecule has 2 aromatic rings. The van der Waals surface area contributed by atoms with E-state index in [0.29, 0.717) is 23.0 Å². The van der Waals surface area contributed by atoms with Gasteiger partial charge in [-0.05, 0) is 38.1 Å². The molecule has 7 heteroatoms. The van der Waals surface area contributed by atoms with Crippen LogP contribution in [-0.2, 0) is 0 Å². The summed E-state index contributed by atoms with van der Waals surface area (Å²) in [5.41, 5.74) is 0.979. The van der Waals surface area contributed by atoms with Crippen molar-refractivity contribution >= 4 is 23.2 Å². The molecule has 1 fully saturated rings. The smallest absolute Gasteiger partial charge is 0.271 e. The Bertz CT molecular complexity index is 648. The molecule has 22 heavy (non-hydrogen) atoms. The molecule has 1 saturated heterocycles. The van der Waals surface area contributed by atoms with Crippen molar-refractivity contribution in [2.24, 2.45) is 0 Å². The first kappa shape index (κ1) is 15.2. The number of rotatable bonds is 4. The number of aromatic nitrogens is 3. The molecular weight excluding hydrogens is 302 g/mol. The van der Waals surface area contributed by atoms with Crippen molar-refractivity contribution in [2.75, 3.05) is 26.2 Å². The minimum Gasteiger partial charge on any atom is -0.349 e. The van der Waals surface area contributed by atoms with Gasteiger partial charge < -0.3 is 10.2 Å². The first-order chi connectivity index (χ1) is 10.7. The number of hydrogen-bond acceptors (Lipinski definition) is 4. The zero-order valence-electron chi connectivity index (χ0n) is 12.5. The van der Waals surface area contributed by atoms with E-state index in [9.17, 15) is 4.79 Å². The Kier molecular flexibility index (Phi) is 4.90. The van der Waals surface area contributed by atoms with E-state index in [4.69, 9.17) is 11.6 Å². The molecule has 0 aliphatic carbocycles. The summed E-state index contributed by atoms with van der Waals surface area (Å²) < 4.78 is 1.52. The molecule has 3 rings (SSSR count). The SMILES string of the molecule is O=C(NCCN1CCCCCC1)c1cn2nc(Cl)ccc2n1. The number of imidazole rings is 1. The maximum atomic E-state index is 12.1. The van der Waals surface area contributed by atoms with Crippen LogP contribution in [0.25, 0.3) is 5.65 Å². The van der Waals surface area contributed by atoms with Gasteiger partial charge in [-0.15, -0.1) is 0 Å². The number of hydrogen-bond donors (Lipinski definition) is 1. The van der Waals surface area contributed by atoms with Gasteiger partial charge in [0.1, 0.15) is 10.8 Å². The summed E-state index contributed by atoms with van der Waals surface area (Å²) in [7, 11) is 0. The van der Waals surface area contributed by atoms with Crippen LogP contribution >= 0.6 is 11.6 Å². The molecule has 0 unspecified atom stereocenters. The monoisotopic (exact) mass is 321 g/mol. The van der Waals surface area contributed by atoms with Gasteiger partial charge in [0.2, 0.25) is 0 Å². The first-order valence-corrected chi connectivity index (χ1v) is 8.13. The summed E-state index contributed by atoms with van der Waals surface area (Å²) in [4.78, 5) is 18.8. The van der Waals surface area contributed by atoms with Crippen LogP contribution < -0.4 is 5.32 Å². The van der Waals surface area contributed by atoms with Crippen LogP contribution in [0.2, 0.25) is 5.15 Å². The summed E-state index contributed by atoms with van der Waals surface area (Å²) in [6, 6.07) is 3.40. The van der Waals surface area contributed by atoms with E-state index in [-0.39, 0.29) is 5.91 Å². The average Bonchev–Trinajstić information content (AvgIpc) is 2.75. The Morgan fingerprint density at radius 1 is 1.23 bits per heavy atom. The van der Waals surface area contributed by atoms with E-state index in [1.54, 1.807) is 18.3 Å². The summed E-state index contributed by atoms with van der Waals surface area (Å²) in [6.45, 7) is 3.80. The van der Waals surface area contributed by atoms with Crippen molar-refractivity contribution in [1.29, 1.82) is 0 Å². The molecule has 0 radical (unpaired) electrons. The molecule has 0 atom stereocenters. The van der Waals surface area contributed by atoms with E-state index in [1.165, 1.54) is 30.2 Å². The fourth-order valence-corrected chi connectivity index (χ4v) is 2.89. The third kappa shape index (κ3) is 3.75. The van der Waals surface area contributed by atoms with Crippen molar-refractivity contribution in [2.45, 2.75) is 25.7 Å². The van der Waals surface area contributed by atoms with Crippen molar-refractivity contribution < 1.29 is 4.79 Å². The lowest BCUT2D eigenvalue weighted by Gasteiger charge is -2.19. The summed E-state index contributed by atoms with van der Waals surface area (Å²) in [5, 5.41) is 7.37. The number of halogens is 1. The van der Waals surface area contributed by atoms with Crippen LogP contribution in [0.5, 0.6) is 0 Å². The topological polar surface area (TPSA) is 62.5 Å². The van der Waals surface area contributed by atoms with E-state index >= 15 is 0 Å². The molecule has 6 nitrogen and oxygen atoms in total. The van der Waals surface area contributed by atoms with Crippen LogP contribution in [-0.4, -0.2) is 51.6 Å². The molecule has 3 heterocycles. The largest absolute Gasteiger partial charge is 0.349 e. The second-order valence-corrected chi connectivity index (χ2v) is 5.98. The lowest BCUT2D eigenvalue weighted by molar-refractivity contribution is 0.0944. The van der Waals surface area contributed by atoms with Gasteiger partial charge in [-0.3, -0.25) is 4.79 Å². The summed E-state index contributed by atoms with van der Waals surface area (Å²) in [6.07, 6.45) is 6.75. The minimum atomic E-state index is -0.170. The number of carbonyl (C=O) groups excluding carboxylic acids is 1. The third-order valence-electron chi connectivity index (χ3n) is 3.93. The van der Waals surface area contributed by atoms with Crippen molar-refractivity contribution in [3.8, 4) is 0 Å². The summed E-state index contributed by atoms with van der Waals surface area (Å²) in [5.74, 6) is -0.170. The molecule has 0 spiro atoms. The normalized spacial score (nSPS) is 16.6. The molecule has 1 amide bonds. The number of amides is 1. The minimum absolute atomic E-state index is 0.170. The fourth-order valence-electron chi connectivity index (χ4n) is 2.75. The van der Waals surface area contributed by atoms with Crippen molar-refractivity contribution in [3.63, 3.8) is 0 Å². The van der Waals surface area contributed by atoms with Crippen molar-refractivity contribution in [3.05, 3.63) is 29.2 Å². The van der Waals surface area contributed by atoms with Gasteiger partial charge in [0, 0.05) is 13.1 Å². The lowest BCUT2D eigenvalue weighted by atomic mass is 10.2. The highest BCUT2D eigenvalue weighted by molar-refractivity contribution is 6.29. The number of fused-ring (bicyclic) bond motifs is 1. The molecule has 1 aliphatic heterocycles. The summed E-state index contributed by atoms with van der Waals surface area (Å²) >= 11 is 5.82. The number of carbonyl (C=O) groups is 1. The highest BCUT2D eigenvalue weighted by Crippen LogP contribution is 2.09. The predicted octanol–water partition coefficient (Wildman–Crippen LogP) is 1.99. The molecule has 1 aliphatic rings. The first-order valence-electron chi connectivity index (χ1n) is 7.75. The molecule has 1 N–H and O–H groups in total. The van der Waals surface area contributed by atoms with Gasteiger partial charge in [-0.2, -0.15) is 5.10 Å². The third-order valence-corrected chi connectivity index (χ3v) is 4.13. The van der Waals surface area contributed by atoms with Crippen LogP contribution in [0.15, 0.2) is 18.3 Å². The zero-order chi connectivity index (χ0) is 15.4. The Hall–Kier alpha value is -1.66. The molecular formula is C15H20ClN5O. The highest BCUT2D eigenvalue weighted by atomic mass is 35.5. The van der Waals surface area contributed by atoms with Crippen LogP contribution in [0.4, 0.5) is 0 Å². The van der Waals surface area contributed by atoms with E-state index < -0.39 is 0 Å². The Morgan fingerprint density at radius 2 is 2.00 bits per heavy atom. The quantitative estimate of drug-likeness (QED) is 0.935. The number of likely N-dealkylation sites (tertiary alicyclic amines) is 1. The molecule has 0 aromatic carbocycles. The number of nitrogens with zero attached hydrogens (tertiary/aromatic N) is 4. The number of nitrogens with one attached hydrogen (secondary N) is 1. The highest BCUT2D eigenvalue weighted by Gasteiger charge is 2.13. The Labute approximate surface area is 134 Å². The van der Waals surface area contributed by atoms with Gasteiger partial charge in [0.05, 0.1) is 6.20 Å². The Balaban J connectivity index is 1.54. The van der Waals surface area contributed by atoms with Gasteiger partial charge in [-0.1, -0.05) is 24.4 Å². The maximum absolute atomic E-state index is 12.1. The molecule has 0 bridgehead atoms. The van der Waals surface area contributed by atoms with E-state index in [0.717, 1.165) is 19.6 Å². The van der Waals surface area contributed by atoms with Crippen LogP contribution in [0.1, 0.15) is 36.2 Å². The standard InChI is InChI=1S/C15H20ClN5O/c16-13-5-6-14-18-12(11-21(14)19-13)15(22)17-7-10-20-8-3-1-2-4-9-20/h5-6,11H,1-4,7-10H2,(H,17,22). The van der Waals surface area contributed by atoms with Gasteiger partial charge >= 0.3 is 0 Å². The second kappa shape index (κ2) is 7.07. The van der Waals surface area contributed by atoms with Gasteiger partial charge in [0.15, 0.2) is 5.65 Å². The maximum Gasteiger partial charge on any atom is 0.271 e. The predicted molar refractivity (Wildman–Crippen MR) is 85.2 cm³/mol. The van der Waals surface area contributed by atoms with Crippen molar-refractivity contribution in [1.82, 2.24) is 24.8 Å². The molecule has 2 aromatic heterocycles. The van der Waals surface area contributed by atoms with E-state index in [1.807, 2.05) is 0 Å².